The molecule has 0 radical (unpaired) electrons. The summed E-state index contributed by atoms with van der Waals surface area (Å²) in [7, 11) is 1.51. The van der Waals surface area contributed by atoms with E-state index in [1.165, 1.54) is 29.2 Å². The number of para-hydroxylation sites is 1. The molecule has 2 N–H and O–H groups in total. The average Bonchev–Trinajstić information content (AvgIpc) is 3.43. The fourth-order valence-corrected chi connectivity index (χ4v) is 3.73. The number of aromatic amines is 1. The number of benzene rings is 1. The van der Waals surface area contributed by atoms with Crippen LogP contribution < -0.4 is 15.6 Å². The maximum Gasteiger partial charge on any atom is 0.260 e. The molecule has 31 heavy (non-hydrogen) atoms. The van der Waals surface area contributed by atoms with E-state index in [9.17, 15) is 9.59 Å². The number of thiophene rings is 1. The third kappa shape index (κ3) is 4.26. The zero-order valence-corrected chi connectivity index (χ0v) is 18.1. The van der Waals surface area contributed by atoms with Crippen molar-refractivity contribution in [1.29, 1.82) is 0 Å². The van der Waals surface area contributed by atoms with Crippen LogP contribution in [0.4, 0.5) is 5.82 Å². The summed E-state index contributed by atoms with van der Waals surface area (Å²) in [6, 6.07) is 14.0. The molecule has 4 rings (SSSR count). The van der Waals surface area contributed by atoms with Crippen LogP contribution in [0.5, 0.6) is 5.75 Å². The molecule has 0 aliphatic rings. The number of anilines is 1. The zero-order valence-electron chi connectivity index (χ0n) is 17.2. The second-order valence-electron chi connectivity index (χ2n) is 7.11. The van der Waals surface area contributed by atoms with Gasteiger partial charge >= 0.3 is 0 Å². The lowest BCUT2D eigenvalue weighted by molar-refractivity contribution is 0.102. The number of hydrogen-bond acceptors (Lipinski definition) is 6. The maximum absolute atomic E-state index is 13.0. The molecule has 0 spiro atoms. The van der Waals surface area contributed by atoms with Crippen LogP contribution in [0.15, 0.2) is 58.7 Å². The summed E-state index contributed by atoms with van der Waals surface area (Å²) in [6.45, 7) is 3.91. The molecule has 3 aromatic heterocycles. The lowest BCUT2D eigenvalue weighted by atomic mass is 10.1. The Morgan fingerprint density at radius 1 is 1.19 bits per heavy atom. The smallest absolute Gasteiger partial charge is 0.260 e. The molecular formula is C22H21N5O3S. The molecule has 1 amide bonds. The van der Waals surface area contributed by atoms with Crippen LogP contribution in [0, 0.1) is 0 Å². The molecular weight excluding hydrogens is 414 g/mol. The van der Waals surface area contributed by atoms with Gasteiger partial charge in [0, 0.05) is 12.1 Å². The van der Waals surface area contributed by atoms with E-state index in [4.69, 9.17) is 4.74 Å². The van der Waals surface area contributed by atoms with Gasteiger partial charge in [-0.15, -0.1) is 11.3 Å². The predicted molar refractivity (Wildman–Crippen MR) is 120 cm³/mol. The third-order valence-corrected chi connectivity index (χ3v) is 5.51. The minimum absolute atomic E-state index is 0.0556. The van der Waals surface area contributed by atoms with E-state index in [0.717, 1.165) is 4.88 Å². The molecule has 8 nitrogen and oxygen atoms in total. The lowest BCUT2D eigenvalue weighted by Crippen LogP contribution is -2.20. The van der Waals surface area contributed by atoms with Crippen LogP contribution in [-0.4, -0.2) is 32.8 Å². The standard InChI is InChI=1S/C22H21N5O3S/c1-13(2)15-12-20(28)25-22(23-15)27-19(11-16(26-27)18-9-6-10-31-18)24-21(29)14-7-4-5-8-17(14)30-3/h4-13H,1-3H3,(H,24,29)(H,23,25,28). The van der Waals surface area contributed by atoms with Crippen molar-refractivity contribution in [3.8, 4) is 22.3 Å². The quantitative estimate of drug-likeness (QED) is 0.475. The first-order valence-electron chi connectivity index (χ1n) is 9.66. The number of H-pyrrole nitrogens is 1. The van der Waals surface area contributed by atoms with Gasteiger partial charge in [0.25, 0.3) is 11.5 Å². The molecule has 4 aromatic rings. The number of nitrogens with one attached hydrogen (secondary N) is 2. The first-order valence-corrected chi connectivity index (χ1v) is 10.5. The van der Waals surface area contributed by atoms with E-state index in [2.05, 4.69) is 20.4 Å². The number of methoxy groups -OCH3 is 1. The fourth-order valence-electron chi connectivity index (χ4n) is 3.05. The minimum Gasteiger partial charge on any atom is -0.496 e. The summed E-state index contributed by atoms with van der Waals surface area (Å²) in [4.78, 5) is 33.4. The number of carbonyl (C=O) groups is 1. The Bertz CT molecular complexity index is 1270. The van der Waals surface area contributed by atoms with Crippen LogP contribution in [0.2, 0.25) is 0 Å². The van der Waals surface area contributed by atoms with Gasteiger partial charge in [-0.3, -0.25) is 14.6 Å². The highest BCUT2D eigenvalue weighted by atomic mass is 32.1. The van der Waals surface area contributed by atoms with E-state index >= 15 is 0 Å². The van der Waals surface area contributed by atoms with Crippen molar-refractivity contribution in [3.05, 3.63) is 75.5 Å². The van der Waals surface area contributed by atoms with Crippen LogP contribution in [0.25, 0.3) is 16.5 Å². The highest BCUT2D eigenvalue weighted by molar-refractivity contribution is 7.13. The number of amides is 1. The van der Waals surface area contributed by atoms with Gasteiger partial charge in [-0.1, -0.05) is 32.0 Å². The molecule has 0 saturated heterocycles. The molecule has 158 valence electrons. The average molecular weight is 436 g/mol. The topological polar surface area (TPSA) is 102 Å². The van der Waals surface area contributed by atoms with Crippen molar-refractivity contribution in [2.24, 2.45) is 0 Å². The van der Waals surface area contributed by atoms with Crippen molar-refractivity contribution >= 4 is 23.1 Å². The van der Waals surface area contributed by atoms with E-state index < -0.39 is 0 Å². The first kappa shape index (κ1) is 20.5. The summed E-state index contributed by atoms with van der Waals surface area (Å²) in [6.07, 6.45) is 0. The summed E-state index contributed by atoms with van der Waals surface area (Å²) in [5.41, 5.74) is 1.38. The minimum atomic E-state index is -0.362. The van der Waals surface area contributed by atoms with E-state index in [1.54, 1.807) is 30.3 Å². The predicted octanol–water partition coefficient (Wildman–Crippen LogP) is 4.07. The Balaban J connectivity index is 1.80. The van der Waals surface area contributed by atoms with Gasteiger partial charge in [0.2, 0.25) is 5.95 Å². The van der Waals surface area contributed by atoms with E-state index in [-0.39, 0.29) is 23.3 Å². The third-order valence-electron chi connectivity index (χ3n) is 4.62. The molecule has 0 saturated carbocycles. The molecule has 0 aliphatic carbocycles. The van der Waals surface area contributed by atoms with Crippen LogP contribution >= 0.6 is 11.3 Å². The van der Waals surface area contributed by atoms with E-state index in [1.807, 2.05) is 31.4 Å². The van der Waals surface area contributed by atoms with Crippen molar-refractivity contribution in [3.63, 3.8) is 0 Å². The monoisotopic (exact) mass is 435 g/mol. The number of carbonyl (C=O) groups excluding carboxylic acids is 1. The summed E-state index contributed by atoms with van der Waals surface area (Å²) in [5, 5.41) is 9.42. The van der Waals surface area contributed by atoms with Crippen molar-refractivity contribution in [2.75, 3.05) is 12.4 Å². The van der Waals surface area contributed by atoms with Crippen LogP contribution in [0.3, 0.4) is 0 Å². The number of rotatable bonds is 6. The molecule has 0 aliphatic heterocycles. The Morgan fingerprint density at radius 2 is 2.00 bits per heavy atom. The maximum atomic E-state index is 13.0. The second kappa shape index (κ2) is 8.57. The van der Waals surface area contributed by atoms with Gasteiger partial charge in [0.1, 0.15) is 17.3 Å². The molecule has 0 fully saturated rings. The van der Waals surface area contributed by atoms with Gasteiger partial charge in [-0.05, 0) is 29.5 Å². The molecule has 0 atom stereocenters. The van der Waals surface area contributed by atoms with Crippen LogP contribution in [0.1, 0.15) is 35.8 Å². The zero-order chi connectivity index (χ0) is 22.0. The molecule has 3 heterocycles. The van der Waals surface area contributed by atoms with Crippen molar-refractivity contribution in [2.45, 2.75) is 19.8 Å². The lowest BCUT2D eigenvalue weighted by Gasteiger charge is -2.11. The molecule has 9 heteroatoms. The molecule has 0 bridgehead atoms. The van der Waals surface area contributed by atoms with E-state index in [0.29, 0.717) is 28.5 Å². The summed E-state index contributed by atoms with van der Waals surface area (Å²) in [5.74, 6) is 0.759. The van der Waals surface area contributed by atoms with Gasteiger partial charge in [0.15, 0.2) is 0 Å². The second-order valence-corrected chi connectivity index (χ2v) is 8.05. The summed E-state index contributed by atoms with van der Waals surface area (Å²) >= 11 is 1.52. The Hall–Kier alpha value is -3.72. The Morgan fingerprint density at radius 3 is 2.71 bits per heavy atom. The number of aromatic nitrogens is 4. The van der Waals surface area contributed by atoms with Gasteiger partial charge in [-0.25, -0.2) is 4.98 Å². The number of nitrogens with zero attached hydrogens (tertiary/aromatic N) is 3. The molecule has 1 aromatic carbocycles. The van der Waals surface area contributed by atoms with Gasteiger partial charge in [-0.2, -0.15) is 9.78 Å². The molecule has 0 unspecified atom stereocenters. The highest BCUT2D eigenvalue weighted by Gasteiger charge is 2.19. The number of hydrogen-bond donors (Lipinski definition) is 2. The first-order chi connectivity index (χ1) is 15.0. The SMILES string of the molecule is COc1ccccc1C(=O)Nc1cc(-c2cccs2)nn1-c1nc(C(C)C)cc(=O)[nH]1. The summed E-state index contributed by atoms with van der Waals surface area (Å²) < 4.78 is 6.74. The van der Waals surface area contributed by atoms with Gasteiger partial charge in [0.05, 0.1) is 23.2 Å². The van der Waals surface area contributed by atoms with Gasteiger partial charge < -0.3 is 10.1 Å². The fraction of sp³-hybridized carbons (Fsp3) is 0.182. The van der Waals surface area contributed by atoms with Crippen LogP contribution in [-0.2, 0) is 0 Å². The Kier molecular flexibility index (Phi) is 5.68. The largest absolute Gasteiger partial charge is 0.496 e. The Labute approximate surface area is 182 Å². The van der Waals surface area contributed by atoms with Crippen molar-refractivity contribution < 1.29 is 9.53 Å². The van der Waals surface area contributed by atoms with Crippen molar-refractivity contribution in [1.82, 2.24) is 19.7 Å². The highest BCUT2D eigenvalue weighted by Crippen LogP contribution is 2.28. The normalized spacial score (nSPS) is 11.0. The number of ether oxygens (including phenoxy) is 1.